The lowest BCUT2D eigenvalue weighted by molar-refractivity contribution is -0.122. The fraction of sp³-hybridized carbons (Fsp3) is 0.400. The maximum Gasteiger partial charge on any atom is 0.223 e. The first kappa shape index (κ1) is 12.2. The Morgan fingerprint density at radius 2 is 2.16 bits per heavy atom. The molecule has 1 amide bonds. The molecule has 1 aliphatic carbocycles. The second-order valence-corrected chi connectivity index (χ2v) is 5.14. The molecule has 100 valence electrons. The van der Waals surface area contributed by atoms with Crippen LogP contribution in [-0.2, 0) is 11.3 Å². The van der Waals surface area contributed by atoms with Gasteiger partial charge in [0, 0.05) is 37.3 Å². The van der Waals surface area contributed by atoms with Crippen molar-refractivity contribution >= 4 is 16.8 Å². The van der Waals surface area contributed by atoms with Crippen LogP contribution in [0.3, 0.4) is 0 Å². The predicted octanol–water partition coefficient (Wildman–Crippen LogP) is 1.78. The summed E-state index contributed by atoms with van der Waals surface area (Å²) in [5.74, 6) is 0.518. The molecule has 1 heterocycles. The van der Waals surface area contributed by atoms with Gasteiger partial charge >= 0.3 is 0 Å². The number of carbonyl (C=O) groups is 1. The summed E-state index contributed by atoms with van der Waals surface area (Å²) in [7, 11) is 0. The highest BCUT2D eigenvalue weighted by Gasteiger charge is 2.28. The van der Waals surface area contributed by atoms with Crippen LogP contribution in [-0.4, -0.2) is 24.0 Å². The summed E-state index contributed by atoms with van der Waals surface area (Å²) >= 11 is 0. The lowest BCUT2D eigenvalue weighted by Crippen LogP contribution is -2.32. The standard InChI is InChI=1S/C15H19N3O/c19-15(13-3-4-13)18-8-7-16-10-11-1-2-12-5-6-17-14(12)9-11/h1-2,5-6,9,13,16-17H,3-4,7-8,10H2,(H,18,19). The van der Waals surface area contributed by atoms with Gasteiger partial charge in [-0.25, -0.2) is 0 Å². The Balaban J connectivity index is 1.40. The molecule has 1 aliphatic rings. The zero-order valence-corrected chi connectivity index (χ0v) is 10.9. The lowest BCUT2D eigenvalue weighted by atomic mass is 10.1. The summed E-state index contributed by atoms with van der Waals surface area (Å²) < 4.78 is 0. The van der Waals surface area contributed by atoms with Crippen molar-refractivity contribution in [3.63, 3.8) is 0 Å². The summed E-state index contributed by atoms with van der Waals surface area (Å²) in [4.78, 5) is 14.6. The van der Waals surface area contributed by atoms with Crippen molar-refractivity contribution in [2.75, 3.05) is 13.1 Å². The van der Waals surface area contributed by atoms with Gasteiger partial charge in [-0.2, -0.15) is 0 Å². The molecule has 0 radical (unpaired) electrons. The van der Waals surface area contributed by atoms with Crippen LogP contribution in [0, 0.1) is 5.92 Å². The average molecular weight is 257 g/mol. The smallest absolute Gasteiger partial charge is 0.223 e. The van der Waals surface area contributed by atoms with E-state index in [0.29, 0.717) is 12.5 Å². The van der Waals surface area contributed by atoms with Crippen LogP contribution in [0.25, 0.3) is 10.9 Å². The first-order valence-corrected chi connectivity index (χ1v) is 6.87. The zero-order valence-electron chi connectivity index (χ0n) is 10.9. The highest BCUT2D eigenvalue weighted by atomic mass is 16.2. The molecule has 1 aromatic heterocycles. The second kappa shape index (κ2) is 5.45. The first-order chi connectivity index (χ1) is 9.33. The predicted molar refractivity (Wildman–Crippen MR) is 75.7 cm³/mol. The van der Waals surface area contributed by atoms with E-state index in [0.717, 1.165) is 25.9 Å². The van der Waals surface area contributed by atoms with Crippen LogP contribution < -0.4 is 10.6 Å². The summed E-state index contributed by atoms with van der Waals surface area (Å²) in [6, 6.07) is 8.48. The molecule has 19 heavy (non-hydrogen) atoms. The molecule has 0 saturated heterocycles. The summed E-state index contributed by atoms with van der Waals surface area (Å²) in [5.41, 5.74) is 2.42. The van der Waals surface area contributed by atoms with Crippen molar-refractivity contribution < 1.29 is 4.79 Å². The van der Waals surface area contributed by atoms with E-state index in [-0.39, 0.29) is 5.91 Å². The van der Waals surface area contributed by atoms with Crippen molar-refractivity contribution in [2.24, 2.45) is 5.92 Å². The minimum atomic E-state index is 0.217. The summed E-state index contributed by atoms with van der Waals surface area (Å²) in [6.07, 6.45) is 4.08. The van der Waals surface area contributed by atoms with Gasteiger partial charge in [-0.3, -0.25) is 4.79 Å². The number of hydrogen-bond donors (Lipinski definition) is 3. The zero-order chi connectivity index (χ0) is 13.1. The Labute approximate surface area is 112 Å². The Kier molecular flexibility index (Phi) is 3.51. The van der Waals surface area contributed by atoms with Crippen molar-refractivity contribution in [3.05, 3.63) is 36.0 Å². The number of hydrogen-bond acceptors (Lipinski definition) is 2. The van der Waals surface area contributed by atoms with E-state index in [1.165, 1.54) is 16.5 Å². The highest BCUT2D eigenvalue weighted by molar-refractivity contribution is 5.81. The van der Waals surface area contributed by atoms with Crippen molar-refractivity contribution in [1.29, 1.82) is 0 Å². The Morgan fingerprint density at radius 3 is 3.00 bits per heavy atom. The first-order valence-electron chi connectivity index (χ1n) is 6.87. The van der Waals surface area contributed by atoms with Gasteiger partial charge in [0.1, 0.15) is 0 Å². The van der Waals surface area contributed by atoms with Crippen molar-refractivity contribution in [2.45, 2.75) is 19.4 Å². The van der Waals surface area contributed by atoms with E-state index in [1.54, 1.807) is 0 Å². The normalized spacial score (nSPS) is 14.7. The van der Waals surface area contributed by atoms with Gasteiger partial charge in [0.05, 0.1) is 0 Å². The molecule has 1 saturated carbocycles. The molecule has 4 nitrogen and oxygen atoms in total. The summed E-state index contributed by atoms with van der Waals surface area (Å²) in [6.45, 7) is 2.34. The topological polar surface area (TPSA) is 56.9 Å². The van der Waals surface area contributed by atoms with Gasteiger partial charge in [0.25, 0.3) is 0 Å². The number of H-pyrrole nitrogens is 1. The molecule has 0 spiro atoms. The van der Waals surface area contributed by atoms with Gasteiger partial charge < -0.3 is 15.6 Å². The number of aromatic amines is 1. The molecule has 3 N–H and O–H groups in total. The maximum absolute atomic E-state index is 11.4. The van der Waals surface area contributed by atoms with Crippen LogP contribution in [0.4, 0.5) is 0 Å². The fourth-order valence-electron chi connectivity index (χ4n) is 2.20. The highest BCUT2D eigenvalue weighted by Crippen LogP contribution is 2.28. The van der Waals surface area contributed by atoms with Gasteiger partial charge in [-0.15, -0.1) is 0 Å². The van der Waals surface area contributed by atoms with Crippen LogP contribution in [0.2, 0.25) is 0 Å². The molecular weight excluding hydrogens is 238 g/mol. The molecule has 4 heteroatoms. The third-order valence-corrected chi connectivity index (χ3v) is 3.50. The third-order valence-electron chi connectivity index (χ3n) is 3.50. The van der Waals surface area contributed by atoms with Gasteiger partial charge in [0.15, 0.2) is 0 Å². The van der Waals surface area contributed by atoms with E-state index >= 15 is 0 Å². The van der Waals surface area contributed by atoms with Crippen molar-refractivity contribution in [3.8, 4) is 0 Å². The average Bonchev–Trinajstić information content (AvgIpc) is 3.17. The van der Waals surface area contributed by atoms with Gasteiger partial charge in [0.2, 0.25) is 5.91 Å². The number of benzene rings is 1. The number of amides is 1. The number of fused-ring (bicyclic) bond motifs is 1. The monoisotopic (exact) mass is 257 g/mol. The Morgan fingerprint density at radius 1 is 1.26 bits per heavy atom. The van der Waals surface area contributed by atoms with Crippen LogP contribution in [0.5, 0.6) is 0 Å². The fourth-order valence-corrected chi connectivity index (χ4v) is 2.20. The largest absolute Gasteiger partial charge is 0.361 e. The molecule has 3 rings (SSSR count). The van der Waals surface area contributed by atoms with E-state index < -0.39 is 0 Å². The number of carbonyl (C=O) groups excluding carboxylic acids is 1. The second-order valence-electron chi connectivity index (χ2n) is 5.14. The van der Waals surface area contributed by atoms with E-state index in [1.807, 2.05) is 6.20 Å². The van der Waals surface area contributed by atoms with Gasteiger partial charge in [-0.1, -0.05) is 12.1 Å². The lowest BCUT2D eigenvalue weighted by Gasteiger charge is -2.06. The minimum absolute atomic E-state index is 0.217. The minimum Gasteiger partial charge on any atom is -0.361 e. The van der Waals surface area contributed by atoms with Crippen molar-refractivity contribution in [1.82, 2.24) is 15.6 Å². The molecule has 2 aromatic rings. The molecule has 0 unspecified atom stereocenters. The van der Waals surface area contributed by atoms with E-state index in [9.17, 15) is 4.79 Å². The van der Waals surface area contributed by atoms with Crippen LogP contribution in [0.1, 0.15) is 18.4 Å². The maximum atomic E-state index is 11.4. The molecule has 0 atom stereocenters. The van der Waals surface area contributed by atoms with Gasteiger partial charge in [-0.05, 0) is 35.9 Å². The van der Waals surface area contributed by atoms with Crippen LogP contribution >= 0.6 is 0 Å². The SMILES string of the molecule is O=C(NCCNCc1ccc2cc[nH]c2c1)C1CC1. The number of nitrogens with one attached hydrogen (secondary N) is 3. The number of rotatable bonds is 6. The van der Waals surface area contributed by atoms with Crippen LogP contribution in [0.15, 0.2) is 30.5 Å². The molecule has 0 aliphatic heterocycles. The summed E-state index contributed by atoms with van der Waals surface area (Å²) in [5, 5.41) is 7.53. The number of aromatic nitrogens is 1. The molecule has 1 fully saturated rings. The quantitative estimate of drug-likeness (QED) is 0.691. The molecule has 1 aromatic carbocycles. The Bertz CT molecular complexity index is 572. The molecule has 0 bridgehead atoms. The molecular formula is C15H19N3O. The van der Waals surface area contributed by atoms with E-state index in [4.69, 9.17) is 0 Å². The Hall–Kier alpha value is -1.81. The third kappa shape index (κ3) is 3.15. The van der Waals surface area contributed by atoms with E-state index in [2.05, 4.69) is 39.9 Å².